The Labute approximate surface area is 247 Å². The molecule has 214 valence electrons. The summed E-state index contributed by atoms with van der Waals surface area (Å²) in [6.45, 7) is 5.72. The first-order valence-corrected chi connectivity index (χ1v) is 13.8. The number of rotatable bonds is 5. The van der Waals surface area contributed by atoms with Gasteiger partial charge in [0.1, 0.15) is 0 Å². The number of ketones is 2. The SMILES string of the molecule is [2H]C1([2H])C[C@@H]2[C@H]([C@@H](O)C[C@@]3(C)[C@H]2C[C@H]2O[C@@H](C4([2H])CC([2H])([2H])C([2H])([2H])C([2H])([2H])C4([2H])[2H])O[C@]23C(=O)COC(=O)C(C)C)[C@@]2(C)C=CC(=O)C=C12. The highest BCUT2D eigenvalue weighted by Gasteiger charge is 2.76. The Bertz CT molecular complexity index is 1580. The van der Waals surface area contributed by atoms with E-state index in [4.69, 9.17) is 27.9 Å². The first kappa shape index (κ1) is 17.2. The zero-order valence-corrected chi connectivity index (χ0v) is 22.7. The summed E-state index contributed by atoms with van der Waals surface area (Å²) in [4.78, 5) is 39.4. The van der Waals surface area contributed by atoms with Crippen molar-refractivity contribution in [3.63, 3.8) is 0 Å². The van der Waals surface area contributed by atoms with Crippen molar-refractivity contribution in [3.8, 4) is 0 Å². The van der Waals surface area contributed by atoms with Gasteiger partial charge in [-0.1, -0.05) is 58.5 Å². The van der Waals surface area contributed by atoms with Crippen LogP contribution in [0.2, 0.25) is 0 Å². The summed E-state index contributed by atoms with van der Waals surface area (Å²) in [5, 5.41) is 12.0. The van der Waals surface area contributed by atoms with Crippen molar-refractivity contribution >= 4 is 17.5 Å². The highest BCUT2D eigenvalue weighted by atomic mass is 16.7. The lowest BCUT2D eigenvalue weighted by molar-refractivity contribution is -0.210. The fraction of sp³-hybridized carbons (Fsp3) is 0.781. The third-order valence-electron chi connectivity index (χ3n) is 10.0. The number of allylic oxidation sites excluding steroid dienone is 4. The molecule has 7 heteroatoms. The fourth-order valence-corrected chi connectivity index (χ4v) is 8.23. The van der Waals surface area contributed by atoms with Gasteiger partial charge in [0, 0.05) is 37.7 Å². The first-order chi connectivity index (χ1) is 22.6. The van der Waals surface area contributed by atoms with Crippen LogP contribution in [0.5, 0.6) is 0 Å². The van der Waals surface area contributed by atoms with Gasteiger partial charge in [-0.05, 0) is 62.4 Å². The van der Waals surface area contributed by atoms with Crippen molar-refractivity contribution in [3.05, 3.63) is 23.8 Å². The van der Waals surface area contributed by atoms with E-state index in [0.29, 0.717) is 0 Å². The van der Waals surface area contributed by atoms with Crippen LogP contribution in [0.1, 0.15) is 100 Å². The van der Waals surface area contributed by atoms with Crippen LogP contribution >= 0.6 is 0 Å². The maximum absolute atomic E-state index is 14.6. The van der Waals surface area contributed by atoms with Gasteiger partial charge in [0.2, 0.25) is 5.78 Å². The molecule has 1 heterocycles. The zero-order valence-electron chi connectivity index (χ0n) is 33.7. The standard InChI is InChI=1S/C32H44O7/c1-18(2)28(36)37-17-25(35)32-26(38-29(39-32)19-8-6-5-7-9-19)15-23-22-11-10-20-14-21(33)12-13-30(20,3)27(22)24(34)16-31(23,32)4/h12-14,18-19,22-24,26-27,29,34H,5-11,15-17H2,1-4H3/t22-,23-,24-,26+,27+,29+,30-,31-,32+/m0/s1/i5D2,6D2,7D2,8D2,10D2,19D/t19?,22-,23-,24-,26+,27+,29+,30-,31-,32+. The van der Waals surface area contributed by atoms with E-state index in [1.54, 1.807) is 33.8 Å². The second kappa shape index (κ2) is 9.63. The van der Waals surface area contributed by atoms with Crippen molar-refractivity contribution in [2.24, 2.45) is 40.4 Å². The summed E-state index contributed by atoms with van der Waals surface area (Å²) in [7, 11) is 0. The van der Waals surface area contributed by atoms with E-state index in [2.05, 4.69) is 0 Å². The lowest BCUT2D eigenvalue weighted by atomic mass is 9.46. The minimum absolute atomic E-state index is 0.0156. The molecule has 39 heavy (non-hydrogen) atoms. The molecule has 0 spiro atoms. The zero-order chi connectivity index (χ0) is 37.6. The molecule has 0 aromatic heterocycles. The van der Waals surface area contributed by atoms with Crippen molar-refractivity contribution in [2.45, 2.75) is 109 Å². The molecule has 1 aliphatic heterocycles. The fourth-order valence-electron chi connectivity index (χ4n) is 8.23. The molecule has 0 radical (unpaired) electrons. The molecule has 1 saturated heterocycles. The number of hydrogen-bond acceptors (Lipinski definition) is 7. The van der Waals surface area contributed by atoms with Crippen molar-refractivity contribution in [1.82, 2.24) is 0 Å². The normalized spacial score (nSPS) is 59.2. The van der Waals surface area contributed by atoms with E-state index in [1.165, 1.54) is 12.2 Å². The third-order valence-corrected chi connectivity index (χ3v) is 10.0. The molecule has 0 aromatic carbocycles. The highest BCUT2D eigenvalue weighted by molar-refractivity contribution is 6.01. The van der Waals surface area contributed by atoms with Crippen molar-refractivity contribution < 1.29 is 48.8 Å². The average Bonchev–Trinajstić information content (AvgIpc) is 3.49. The predicted molar refractivity (Wildman–Crippen MR) is 143 cm³/mol. The molecule has 10 atom stereocenters. The maximum atomic E-state index is 14.6. The summed E-state index contributed by atoms with van der Waals surface area (Å²) in [5.41, 5.74) is -4.38. The summed E-state index contributed by atoms with van der Waals surface area (Å²) in [6.07, 6.45) is -17.3. The van der Waals surface area contributed by atoms with Crippen LogP contribution in [0.15, 0.2) is 23.8 Å². The van der Waals surface area contributed by atoms with E-state index in [0.717, 1.165) is 0 Å². The minimum Gasteiger partial charge on any atom is -0.457 e. The Hall–Kier alpha value is -1.83. The summed E-state index contributed by atoms with van der Waals surface area (Å²) < 4.78 is 113. The molecule has 5 aliphatic carbocycles. The van der Waals surface area contributed by atoms with Gasteiger partial charge in [0.05, 0.1) is 18.1 Å². The molecule has 0 amide bonds. The molecule has 0 aromatic rings. The summed E-state index contributed by atoms with van der Waals surface area (Å²) in [6, 6.07) is 0. The second-order valence-corrected chi connectivity index (χ2v) is 12.4. The van der Waals surface area contributed by atoms with E-state index in [9.17, 15) is 20.9 Å². The Morgan fingerprint density at radius 1 is 1.26 bits per heavy atom. The Kier molecular flexibility index (Phi) is 4.25. The van der Waals surface area contributed by atoms with Crippen molar-refractivity contribution in [1.29, 1.82) is 0 Å². The second-order valence-electron chi connectivity index (χ2n) is 12.4. The molecule has 6 rings (SSSR count). The Morgan fingerprint density at radius 2 is 2.05 bits per heavy atom. The van der Waals surface area contributed by atoms with Gasteiger partial charge in [-0.2, -0.15) is 0 Å². The van der Waals surface area contributed by atoms with Gasteiger partial charge in [-0.15, -0.1) is 0 Å². The largest absolute Gasteiger partial charge is 0.457 e. The smallest absolute Gasteiger partial charge is 0.308 e. The van der Waals surface area contributed by atoms with Crippen LogP contribution in [-0.4, -0.2) is 53.3 Å². The lowest BCUT2D eigenvalue weighted by Gasteiger charge is -2.59. The van der Waals surface area contributed by atoms with Crippen LogP contribution in [0.3, 0.4) is 0 Å². The molecule has 0 bridgehead atoms. The first-order valence-electron chi connectivity index (χ1n) is 19.3. The molecule has 1 N–H and O–H groups in total. The quantitative estimate of drug-likeness (QED) is 0.494. The third kappa shape index (κ3) is 3.97. The number of esters is 1. The minimum atomic E-state index is -3.57. The van der Waals surface area contributed by atoms with Crippen LogP contribution < -0.4 is 0 Å². The number of aliphatic hydroxyl groups is 1. The topological polar surface area (TPSA) is 99.1 Å². The van der Waals surface area contributed by atoms with E-state index >= 15 is 0 Å². The number of carbonyl (C=O) groups is 3. The van der Waals surface area contributed by atoms with Gasteiger partial charge in [-0.3, -0.25) is 14.4 Å². The summed E-state index contributed by atoms with van der Waals surface area (Å²) >= 11 is 0. The molecule has 7 nitrogen and oxygen atoms in total. The lowest BCUT2D eigenvalue weighted by Crippen LogP contribution is -2.63. The average molecular weight is 552 g/mol. The number of aliphatic hydroxyl groups excluding tert-OH is 1. The van der Waals surface area contributed by atoms with E-state index in [-0.39, 0.29) is 30.6 Å². The van der Waals surface area contributed by atoms with Crippen LogP contribution in [0.25, 0.3) is 0 Å². The van der Waals surface area contributed by atoms with Gasteiger partial charge in [-0.25, -0.2) is 0 Å². The van der Waals surface area contributed by atoms with Crippen LogP contribution in [0.4, 0.5) is 0 Å². The molecule has 1 unspecified atom stereocenters. The van der Waals surface area contributed by atoms with E-state index < -0.39 is 121 Å². The van der Waals surface area contributed by atoms with Crippen LogP contribution in [-0.2, 0) is 28.6 Å². The summed E-state index contributed by atoms with van der Waals surface area (Å²) in [5.74, 6) is -7.26. The number of fused-ring (bicyclic) bond motifs is 7. The number of ether oxygens (including phenoxy) is 3. The highest BCUT2D eigenvalue weighted by Crippen LogP contribution is 2.70. The van der Waals surface area contributed by atoms with Crippen molar-refractivity contribution in [2.75, 3.05) is 6.61 Å². The maximum Gasteiger partial charge on any atom is 0.308 e. The van der Waals surface area contributed by atoms with Crippen LogP contribution in [0, 0.1) is 40.4 Å². The Balaban J connectivity index is 1.46. The molecule has 6 aliphatic rings. The van der Waals surface area contributed by atoms with Gasteiger partial charge < -0.3 is 19.3 Å². The number of carbonyl (C=O) groups excluding carboxylic acids is 3. The number of hydrogen-bond donors (Lipinski definition) is 1. The van der Waals surface area contributed by atoms with Gasteiger partial charge in [0.15, 0.2) is 24.3 Å². The molecular weight excluding hydrogens is 496 g/mol. The number of Topliss-reactive ketones (excluding diaryl/α,β-unsaturated/α-hetero) is 1. The van der Waals surface area contributed by atoms with Gasteiger partial charge >= 0.3 is 5.97 Å². The molecule has 5 fully saturated rings. The van der Waals surface area contributed by atoms with E-state index in [1.807, 2.05) is 0 Å². The predicted octanol–water partition coefficient (Wildman–Crippen LogP) is 4.70. The molecular formula is C32H44O7. The Morgan fingerprint density at radius 3 is 2.82 bits per heavy atom. The van der Waals surface area contributed by atoms with Gasteiger partial charge in [0.25, 0.3) is 0 Å². The monoisotopic (exact) mass is 551 g/mol. The molecule has 4 saturated carbocycles.